The molecule has 0 saturated carbocycles. The van der Waals surface area contributed by atoms with Gasteiger partial charge in [-0.3, -0.25) is 4.90 Å². The number of benzene rings is 1. The highest BCUT2D eigenvalue weighted by atomic mass is 32.2. The van der Waals surface area contributed by atoms with Gasteiger partial charge in [-0.2, -0.15) is 5.26 Å². The van der Waals surface area contributed by atoms with Crippen LogP contribution in [-0.2, 0) is 14.8 Å². The second-order valence-electron chi connectivity index (χ2n) is 6.04. The molecule has 124 valence electrons. The van der Waals surface area contributed by atoms with Gasteiger partial charge in [-0.1, -0.05) is 6.07 Å². The normalized spacial score (nSPS) is 26.0. The predicted molar refractivity (Wildman–Crippen MR) is 85.3 cm³/mol. The molecule has 2 heterocycles. The van der Waals surface area contributed by atoms with Crippen LogP contribution in [-0.4, -0.2) is 51.7 Å². The van der Waals surface area contributed by atoms with Crippen LogP contribution in [0.4, 0.5) is 0 Å². The number of nitrogens with zero attached hydrogens (tertiary/aromatic N) is 2. The number of likely N-dealkylation sites (tertiary alicyclic amines) is 1. The Morgan fingerprint density at radius 1 is 1.30 bits per heavy atom. The molecule has 0 bridgehead atoms. The molecule has 2 saturated heterocycles. The summed E-state index contributed by atoms with van der Waals surface area (Å²) < 4.78 is 33.7. The lowest BCUT2D eigenvalue weighted by Crippen LogP contribution is -2.55. The topological polar surface area (TPSA) is 82.4 Å². The molecule has 1 aromatic carbocycles. The quantitative estimate of drug-likeness (QED) is 0.891. The first-order valence-corrected chi connectivity index (χ1v) is 9.43. The van der Waals surface area contributed by atoms with Crippen molar-refractivity contribution in [1.82, 2.24) is 9.62 Å². The summed E-state index contributed by atoms with van der Waals surface area (Å²) in [5.74, 6) is 0. The van der Waals surface area contributed by atoms with E-state index in [4.69, 9.17) is 10.00 Å². The fourth-order valence-corrected chi connectivity index (χ4v) is 4.64. The van der Waals surface area contributed by atoms with Crippen LogP contribution in [0, 0.1) is 11.3 Å². The predicted octanol–water partition coefficient (Wildman–Crippen LogP) is 1.09. The van der Waals surface area contributed by atoms with Gasteiger partial charge in [0.05, 0.1) is 23.1 Å². The third-order valence-electron chi connectivity index (χ3n) is 4.52. The van der Waals surface area contributed by atoms with Gasteiger partial charge in [0.25, 0.3) is 0 Å². The number of nitrogens with one attached hydrogen (secondary N) is 1. The van der Waals surface area contributed by atoms with E-state index in [1.54, 1.807) is 12.1 Å². The summed E-state index contributed by atoms with van der Waals surface area (Å²) in [6.07, 6.45) is 2.97. The molecule has 0 spiro atoms. The van der Waals surface area contributed by atoms with Crippen LogP contribution < -0.4 is 4.72 Å². The number of hydrogen-bond donors (Lipinski definition) is 1. The van der Waals surface area contributed by atoms with Crippen LogP contribution in [0.5, 0.6) is 0 Å². The maximum atomic E-state index is 12.6. The van der Waals surface area contributed by atoms with E-state index >= 15 is 0 Å². The van der Waals surface area contributed by atoms with E-state index in [1.807, 2.05) is 6.07 Å². The zero-order chi connectivity index (χ0) is 16.3. The fraction of sp³-hybridized carbons (Fsp3) is 0.562. The molecule has 2 aliphatic heterocycles. The molecule has 1 aromatic rings. The molecular formula is C16H21N3O3S. The van der Waals surface area contributed by atoms with Crippen molar-refractivity contribution < 1.29 is 13.2 Å². The average Bonchev–Trinajstić information content (AvgIpc) is 3.09. The number of sulfonamides is 1. The van der Waals surface area contributed by atoms with Gasteiger partial charge in [-0.05, 0) is 50.6 Å². The number of ether oxygens (including phenoxy) is 1. The van der Waals surface area contributed by atoms with E-state index in [-0.39, 0.29) is 17.0 Å². The Morgan fingerprint density at radius 3 is 2.83 bits per heavy atom. The van der Waals surface area contributed by atoms with E-state index in [1.165, 1.54) is 12.1 Å². The van der Waals surface area contributed by atoms with Crippen molar-refractivity contribution in [2.24, 2.45) is 0 Å². The fourth-order valence-electron chi connectivity index (χ4n) is 3.29. The van der Waals surface area contributed by atoms with Gasteiger partial charge in [0, 0.05) is 18.7 Å². The van der Waals surface area contributed by atoms with Gasteiger partial charge in [-0.15, -0.1) is 0 Å². The summed E-state index contributed by atoms with van der Waals surface area (Å²) in [5.41, 5.74) is 0.343. The minimum Gasteiger partial charge on any atom is -0.380 e. The molecule has 7 heteroatoms. The summed E-state index contributed by atoms with van der Waals surface area (Å²) in [6.45, 7) is 3.12. The highest BCUT2D eigenvalue weighted by Gasteiger charge is 2.35. The maximum absolute atomic E-state index is 12.6. The summed E-state index contributed by atoms with van der Waals surface area (Å²) >= 11 is 0. The van der Waals surface area contributed by atoms with Gasteiger partial charge in [-0.25, -0.2) is 13.1 Å². The van der Waals surface area contributed by atoms with Gasteiger partial charge in [0.15, 0.2) is 0 Å². The van der Waals surface area contributed by atoms with Gasteiger partial charge >= 0.3 is 0 Å². The number of nitriles is 1. The molecule has 1 N–H and O–H groups in total. The first kappa shape index (κ1) is 16.4. The van der Waals surface area contributed by atoms with E-state index in [2.05, 4.69) is 9.62 Å². The SMILES string of the molecule is N#Cc1cccc(S(=O)(=O)NC2CCOCC2N2CCCC2)c1. The van der Waals surface area contributed by atoms with Crippen LogP contribution in [0.15, 0.2) is 29.2 Å². The third kappa shape index (κ3) is 3.72. The van der Waals surface area contributed by atoms with E-state index in [0.717, 1.165) is 25.9 Å². The molecule has 2 fully saturated rings. The van der Waals surface area contributed by atoms with Crippen LogP contribution in [0.2, 0.25) is 0 Å². The molecule has 3 rings (SSSR count). The van der Waals surface area contributed by atoms with Crippen molar-refractivity contribution in [2.45, 2.75) is 36.2 Å². The second-order valence-corrected chi connectivity index (χ2v) is 7.76. The Morgan fingerprint density at radius 2 is 2.09 bits per heavy atom. The molecule has 2 unspecified atom stereocenters. The molecule has 0 aromatic heterocycles. The molecule has 0 amide bonds. The van der Waals surface area contributed by atoms with Gasteiger partial charge in [0.1, 0.15) is 0 Å². The van der Waals surface area contributed by atoms with E-state index in [9.17, 15) is 8.42 Å². The summed E-state index contributed by atoms with van der Waals surface area (Å²) in [7, 11) is -3.64. The summed E-state index contributed by atoms with van der Waals surface area (Å²) in [5, 5.41) is 8.95. The number of hydrogen-bond acceptors (Lipinski definition) is 5. The zero-order valence-electron chi connectivity index (χ0n) is 12.9. The monoisotopic (exact) mass is 335 g/mol. The summed E-state index contributed by atoms with van der Waals surface area (Å²) in [4.78, 5) is 2.46. The lowest BCUT2D eigenvalue weighted by atomic mass is 10.0. The zero-order valence-corrected chi connectivity index (χ0v) is 13.8. The molecule has 0 aliphatic carbocycles. The maximum Gasteiger partial charge on any atom is 0.240 e. The molecule has 2 atom stereocenters. The standard InChI is InChI=1S/C16H21N3O3S/c17-11-13-4-3-5-14(10-13)23(20,21)18-15-6-9-22-12-16(15)19-7-1-2-8-19/h3-5,10,15-16,18H,1-2,6-9,12H2. The highest BCUT2D eigenvalue weighted by molar-refractivity contribution is 7.89. The largest absolute Gasteiger partial charge is 0.380 e. The Labute approximate surface area is 137 Å². The molecule has 2 aliphatic rings. The minimum absolute atomic E-state index is 0.0835. The number of rotatable bonds is 4. The van der Waals surface area contributed by atoms with E-state index < -0.39 is 10.0 Å². The van der Waals surface area contributed by atoms with Crippen molar-refractivity contribution in [3.8, 4) is 6.07 Å². The van der Waals surface area contributed by atoms with Crippen molar-refractivity contribution >= 4 is 10.0 Å². The van der Waals surface area contributed by atoms with Crippen LogP contribution >= 0.6 is 0 Å². The second kappa shape index (κ2) is 6.97. The van der Waals surface area contributed by atoms with E-state index in [0.29, 0.717) is 25.2 Å². The molecule has 0 radical (unpaired) electrons. The Balaban J connectivity index is 1.78. The van der Waals surface area contributed by atoms with Crippen LogP contribution in [0.25, 0.3) is 0 Å². The van der Waals surface area contributed by atoms with Gasteiger partial charge in [0.2, 0.25) is 10.0 Å². The Bertz CT molecular complexity index is 693. The molecular weight excluding hydrogens is 314 g/mol. The summed E-state index contributed by atoms with van der Waals surface area (Å²) in [6, 6.07) is 8.03. The first-order chi connectivity index (χ1) is 11.1. The Kier molecular flexibility index (Phi) is 4.97. The molecule has 23 heavy (non-hydrogen) atoms. The van der Waals surface area contributed by atoms with Crippen molar-refractivity contribution in [1.29, 1.82) is 5.26 Å². The van der Waals surface area contributed by atoms with Crippen LogP contribution in [0.3, 0.4) is 0 Å². The lowest BCUT2D eigenvalue weighted by molar-refractivity contribution is 0.0106. The van der Waals surface area contributed by atoms with Crippen molar-refractivity contribution in [3.05, 3.63) is 29.8 Å². The molecule has 6 nitrogen and oxygen atoms in total. The Hall–Kier alpha value is -1.46. The average molecular weight is 335 g/mol. The highest BCUT2D eigenvalue weighted by Crippen LogP contribution is 2.21. The first-order valence-electron chi connectivity index (χ1n) is 7.94. The lowest BCUT2D eigenvalue weighted by Gasteiger charge is -2.37. The van der Waals surface area contributed by atoms with Crippen molar-refractivity contribution in [3.63, 3.8) is 0 Å². The third-order valence-corrected chi connectivity index (χ3v) is 6.00. The minimum atomic E-state index is -3.64. The van der Waals surface area contributed by atoms with Crippen molar-refractivity contribution in [2.75, 3.05) is 26.3 Å². The smallest absolute Gasteiger partial charge is 0.240 e. The van der Waals surface area contributed by atoms with Crippen LogP contribution in [0.1, 0.15) is 24.8 Å². The van der Waals surface area contributed by atoms with Gasteiger partial charge < -0.3 is 4.74 Å².